The smallest absolute Gasteiger partial charge is 0.232 e. The van der Waals surface area contributed by atoms with Crippen LogP contribution in [0.1, 0.15) is 17.7 Å². The van der Waals surface area contributed by atoms with Crippen molar-refractivity contribution >= 4 is 27.9 Å². The maximum atomic E-state index is 13.1. The predicted molar refractivity (Wildman–Crippen MR) is 116 cm³/mol. The summed E-state index contributed by atoms with van der Waals surface area (Å²) in [4.78, 5) is 20.7. The number of carbonyl (C=O) groups excluding carboxylic acids is 1. The van der Waals surface area contributed by atoms with Gasteiger partial charge < -0.3 is 9.64 Å². The minimum Gasteiger partial charge on any atom is -0.497 e. The molecule has 2 aromatic heterocycles. The van der Waals surface area contributed by atoms with E-state index in [2.05, 4.69) is 12.1 Å². The minimum atomic E-state index is 0.136. The monoisotopic (exact) mass is 403 g/mol. The Morgan fingerprint density at radius 3 is 2.83 bits per heavy atom. The van der Waals surface area contributed by atoms with Crippen LogP contribution in [0.5, 0.6) is 5.75 Å². The summed E-state index contributed by atoms with van der Waals surface area (Å²) in [6, 6.07) is 16.1. The normalized spacial score (nSPS) is 13.5. The molecule has 5 nitrogen and oxygen atoms in total. The van der Waals surface area contributed by atoms with E-state index in [1.54, 1.807) is 18.4 Å². The van der Waals surface area contributed by atoms with Crippen LogP contribution in [0.15, 0.2) is 60.1 Å². The van der Waals surface area contributed by atoms with Gasteiger partial charge in [-0.05, 0) is 48.7 Å². The first kappa shape index (κ1) is 17.9. The summed E-state index contributed by atoms with van der Waals surface area (Å²) in [6.07, 6.45) is 4.43. The molecular formula is C23H21N3O2S. The lowest BCUT2D eigenvalue weighted by Gasteiger charge is -2.29. The lowest BCUT2D eigenvalue weighted by molar-refractivity contribution is -0.118. The number of rotatable bonds is 4. The van der Waals surface area contributed by atoms with E-state index in [4.69, 9.17) is 9.72 Å². The summed E-state index contributed by atoms with van der Waals surface area (Å²) >= 11 is 1.57. The van der Waals surface area contributed by atoms with E-state index in [0.29, 0.717) is 6.42 Å². The van der Waals surface area contributed by atoms with Gasteiger partial charge in [-0.15, -0.1) is 11.3 Å². The molecule has 0 atom stereocenters. The number of amides is 1. The summed E-state index contributed by atoms with van der Waals surface area (Å²) < 4.78 is 7.27. The van der Waals surface area contributed by atoms with Crippen molar-refractivity contribution in [1.82, 2.24) is 9.38 Å². The Hall–Kier alpha value is -3.12. The summed E-state index contributed by atoms with van der Waals surface area (Å²) in [5.41, 5.74) is 5.22. The second kappa shape index (κ2) is 7.37. The number of thiazole rings is 1. The van der Waals surface area contributed by atoms with Crippen molar-refractivity contribution in [2.45, 2.75) is 19.3 Å². The molecule has 1 amide bonds. The molecule has 3 heterocycles. The lowest BCUT2D eigenvalue weighted by Crippen LogP contribution is -2.36. The van der Waals surface area contributed by atoms with Crippen LogP contribution in [0, 0.1) is 0 Å². The van der Waals surface area contributed by atoms with Gasteiger partial charge in [-0.25, -0.2) is 4.98 Å². The van der Waals surface area contributed by atoms with Crippen LogP contribution in [0.3, 0.4) is 0 Å². The van der Waals surface area contributed by atoms with Crippen LogP contribution in [-0.4, -0.2) is 28.9 Å². The number of aromatic nitrogens is 2. The van der Waals surface area contributed by atoms with Gasteiger partial charge in [0.05, 0.1) is 19.2 Å². The molecule has 146 valence electrons. The number of imidazole rings is 1. The summed E-state index contributed by atoms with van der Waals surface area (Å²) in [5.74, 6) is 0.958. The van der Waals surface area contributed by atoms with Crippen LogP contribution in [0.25, 0.3) is 16.2 Å². The van der Waals surface area contributed by atoms with Gasteiger partial charge in [0.25, 0.3) is 0 Å². The highest BCUT2D eigenvalue weighted by Crippen LogP contribution is 2.29. The Morgan fingerprint density at radius 2 is 2.00 bits per heavy atom. The highest BCUT2D eigenvalue weighted by molar-refractivity contribution is 7.15. The van der Waals surface area contributed by atoms with Crippen molar-refractivity contribution < 1.29 is 9.53 Å². The predicted octanol–water partition coefficient (Wildman–Crippen LogP) is 4.59. The highest BCUT2D eigenvalue weighted by atomic mass is 32.1. The van der Waals surface area contributed by atoms with Gasteiger partial charge in [0.15, 0.2) is 4.96 Å². The fourth-order valence-electron chi connectivity index (χ4n) is 3.90. The molecule has 0 N–H and O–H groups in total. The SMILES string of the molecule is COc1ccc(-c2cn3c(CC(=O)N4CCCc5ccccc54)csc3n2)cc1. The van der Waals surface area contributed by atoms with E-state index in [1.807, 2.05) is 57.3 Å². The number of carbonyl (C=O) groups is 1. The fourth-order valence-corrected chi connectivity index (χ4v) is 4.77. The van der Waals surface area contributed by atoms with Crippen molar-refractivity contribution in [3.05, 3.63) is 71.4 Å². The van der Waals surface area contributed by atoms with E-state index in [0.717, 1.165) is 52.7 Å². The Labute approximate surface area is 173 Å². The van der Waals surface area contributed by atoms with E-state index in [-0.39, 0.29) is 5.91 Å². The third-order valence-corrected chi connectivity index (χ3v) is 6.30. The topological polar surface area (TPSA) is 46.8 Å². The standard InChI is InChI=1S/C23H21N3O2S/c1-28-19-10-8-16(9-11-19)20-14-26-18(15-29-23(26)24-20)13-22(27)25-12-4-6-17-5-2-3-7-21(17)25/h2-3,5,7-11,14-15H,4,6,12-13H2,1H3. The Morgan fingerprint density at radius 1 is 1.17 bits per heavy atom. The van der Waals surface area contributed by atoms with E-state index >= 15 is 0 Å². The number of nitrogens with zero attached hydrogens (tertiary/aromatic N) is 3. The van der Waals surface area contributed by atoms with Gasteiger partial charge in [0.1, 0.15) is 5.75 Å². The van der Waals surface area contributed by atoms with Crippen molar-refractivity contribution in [2.75, 3.05) is 18.6 Å². The molecule has 0 aliphatic carbocycles. The Bertz CT molecular complexity index is 1180. The van der Waals surface area contributed by atoms with Crippen molar-refractivity contribution in [3.8, 4) is 17.0 Å². The summed E-state index contributed by atoms with van der Waals surface area (Å²) in [6.45, 7) is 0.782. The summed E-state index contributed by atoms with van der Waals surface area (Å²) in [5, 5.41) is 2.04. The van der Waals surface area contributed by atoms with Crippen LogP contribution in [0.2, 0.25) is 0 Å². The molecule has 29 heavy (non-hydrogen) atoms. The maximum Gasteiger partial charge on any atom is 0.232 e. The zero-order chi connectivity index (χ0) is 19.8. The number of ether oxygens (including phenoxy) is 1. The number of hydrogen-bond acceptors (Lipinski definition) is 4. The maximum absolute atomic E-state index is 13.1. The van der Waals surface area contributed by atoms with Crippen molar-refractivity contribution in [2.24, 2.45) is 0 Å². The molecular weight excluding hydrogens is 382 g/mol. The van der Waals surface area contributed by atoms with E-state index < -0.39 is 0 Å². The van der Waals surface area contributed by atoms with Gasteiger partial charge in [-0.2, -0.15) is 0 Å². The lowest BCUT2D eigenvalue weighted by atomic mass is 10.0. The number of hydrogen-bond donors (Lipinski definition) is 0. The molecule has 4 aromatic rings. The number of benzene rings is 2. The summed E-state index contributed by atoms with van der Waals surface area (Å²) in [7, 11) is 1.66. The molecule has 0 bridgehead atoms. The molecule has 5 rings (SSSR count). The number of aryl methyl sites for hydroxylation is 1. The van der Waals surface area contributed by atoms with Gasteiger partial charge >= 0.3 is 0 Å². The molecule has 0 fully saturated rings. The molecule has 0 unspecified atom stereocenters. The number of para-hydroxylation sites is 1. The zero-order valence-corrected chi connectivity index (χ0v) is 17.0. The number of fused-ring (bicyclic) bond motifs is 2. The average Bonchev–Trinajstić information content (AvgIpc) is 3.35. The van der Waals surface area contributed by atoms with Gasteiger partial charge in [-0.1, -0.05) is 18.2 Å². The van der Waals surface area contributed by atoms with Crippen molar-refractivity contribution in [1.29, 1.82) is 0 Å². The number of methoxy groups -OCH3 is 1. The molecule has 2 aromatic carbocycles. The Kier molecular flexibility index (Phi) is 4.56. The Balaban J connectivity index is 1.41. The van der Waals surface area contributed by atoms with Gasteiger partial charge in [0, 0.05) is 35.1 Å². The number of anilines is 1. The molecule has 1 aliphatic rings. The van der Waals surface area contributed by atoms with Crippen molar-refractivity contribution in [3.63, 3.8) is 0 Å². The largest absolute Gasteiger partial charge is 0.497 e. The first-order chi connectivity index (χ1) is 14.2. The second-order valence-corrected chi connectivity index (χ2v) is 8.03. The highest BCUT2D eigenvalue weighted by Gasteiger charge is 2.23. The third kappa shape index (κ3) is 3.29. The fraction of sp³-hybridized carbons (Fsp3) is 0.217. The van der Waals surface area contributed by atoms with Crippen LogP contribution < -0.4 is 9.64 Å². The van der Waals surface area contributed by atoms with Crippen LogP contribution in [0.4, 0.5) is 5.69 Å². The van der Waals surface area contributed by atoms with Crippen LogP contribution in [-0.2, 0) is 17.6 Å². The molecule has 0 saturated carbocycles. The second-order valence-electron chi connectivity index (χ2n) is 7.19. The van der Waals surface area contributed by atoms with E-state index in [9.17, 15) is 4.79 Å². The molecule has 0 spiro atoms. The van der Waals surface area contributed by atoms with Crippen LogP contribution >= 0.6 is 11.3 Å². The van der Waals surface area contributed by atoms with Gasteiger partial charge in [0.2, 0.25) is 5.91 Å². The van der Waals surface area contributed by atoms with E-state index in [1.165, 1.54) is 5.56 Å². The zero-order valence-electron chi connectivity index (χ0n) is 16.2. The average molecular weight is 404 g/mol. The third-order valence-electron chi connectivity index (χ3n) is 5.41. The molecule has 1 aliphatic heterocycles. The first-order valence-corrected chi connectivity index (χ1v) is 10.6. The van der Waals surface area contributed by atoms with Gasteiger partial charge in [-0.3, -0.25) is 9.20 Å². The quantitative estimate of drug-likeness (QED) is 0.501. The molecule has 0 saturated heterocycles. The molecule has 0 radical (unpaired) electrons. The first-order valence-electron chi connectivity index (χ1n) is 9.71. The molecule has 6 heteroatoms. The minimum absolute atomic E-state index is 0.136.